The number of ether oxygens (including phenoxy) is 1. The molecule has 0 radical (unpaired) electrons. The molecule has 27 heavy (non-hydrogen) atoms. The molecule has 0 unspecified atom stereocenters. The molecule has 0 saturated heterocycles. The van der Waals surface area contributed by atoms with E-state index in [0.717, 1.165) is 12.1 Å². The Labute approximate surface area is 159 Å². The summed E-state index contributed by atoms with van der Waals surface area (Å²) in [5, 5.41) is 5.64. The van der Waals surface area contributed by atoms with Crippen molar-refractivity contribution in [3.63, 3.8) is 0 Å². The Morgan fingerprint density at radius 1 is 1.19 bits per heavy atom. The van der Waals surface area contributed by atoms with Crippen LogP contribution in [0.25, 0.3) is 0 Å². The van der Waals surface area contributed by atoms with Crippen molar-refractivity contribution in [2.24, 2.45) is 0 Å². The lowest BCUT2D eigenvalue weighted by atomic mass is 10.1. The van der Waals surface area contributed by atoms with Crippen LogP contribution in [-0.2, 0) is 12.7 Å². The predicted molar refractivity (Wildman–Crippen MR) is 96.6 cm³/mol. The van der Waals surface area contributed by atoms with Crippen molar-refractivity contribution in [3.05, 3.63) is 64.2 Å². The van der Waals surface area contributed by atoms with E-state index < -0.39 is 17.8 Å². The maximum Gasteiger partial charge on any atom is 0.416 e. The lowest BCUT2D eigenvalue weighted by molar-refractivity contribution is -0.137. The third-order valence-corrected chi connectivity index (χ3v) is 3.68. The largest absolute Gasteiger partial charge is 0.496 e. The smallest absolute Gasteiger partial charge is 0.416 e. The molecular formula is C19H16ClF3N2O2. The quantitative estimate of drug-likeness (QED) is 0.760. The second-order valence-corrected chi connectivity index (χ2v) is 5.81. The van der Waals surface area contributed by atoms with Gasteiger partial charge in [0.2, 0.25) is 0 Å². The van der Waals surface area contributed by atoms with Crippen LogP contribution >= 0.6 is 11.6 Å². The fraction of sp³-hybridized carbons (Fsp3) is 0.211. The maximum atomic E-state index is 12.6. The van der Waals surface area contributed by atoms with Gasteiger partial charge < -0.3 is 15.4 Å². The molecule has 0 fully saturated rings. The molecule has 2 rings (SSSR count). The van der Waals surface area contributed by atoms with Gasteiger partial charge in [0.15, 0.2) is 0 Å². The number of rotatable bonds is 4. The number of hydrogen-bond donors (Lipinski definition) is 2. The van der Waals surface area contributed by atoms with Crippen molar-refractivity contribution in [3.8, 4) is 17.6 Å². The summed E-state index contributed by atoms with van der Waals surface area (Å²) in [6.07, 6.45) is -4.42. The highest BCUT2D eigenvalue weighted by molar-refractivity contribution is 6.30. The number of methoxy groups -OCH3 is 1. The number of carbonyl (C=O) groups excluding carboxylic acids is 1. The first-order valence-electron chi connectivity index (χ1n) is 7.80. The summed E-state index contributed by atoms with van der Waals surface area (Å²) in [6.45, 7) is 0.172. The lowest BCUT2D eigenvalue weighted by Crippen LogP contribution is -2.35. The van der Waals surface area contributed by atoms with E-state index in [-0.39, 0.29) is 18.7 Å². The van der Waals surface area contributed by atoms with Crippen molar-refractivity contribution in [2.75, 3.05) is 13.7 Å². The van der Waals surface area contributed by atoms with Crippen LogP contribution in [0.4, 0.5) is 18.0 Å². The molecule has 2 amide bonds. The molecular weight excluding hydrogens is 381 g/mol. The van der Waals surface area contributed by atoms with Gasteiger partial charge in [0.25, 0.3) is 0 Å². The molecule has 0 saturated carbocycles. The Balaban J connectivity index is 1.86. The van der Waals surface area contributed by atoms with Gasteiger partial charge >= 0.3 is 12.2 Å². The van der Waals surface area contributed by atoms with Crippen LogP contribution in [0, 0.1) is 11.8 Å². The second kappa shape index (κ2) is 9.19. The van der Waals surface area contributed by atoms with Gasteiger partial charge in [-0.2, -0.15) is 13.2 Å². The van der Waals surface area contributed by atoms with E-state index in [1.54, 1.807) is 18.2 Å². The van der Waals surface area contributed by atoms with Gasteiger partial charge in [-0.1, -0.05) is 29.5 Å². The highest BCUT2D eigenvalue weighted by Crippen LogP contribution is 2.29. The molecule has 0 aliphatic carbocycles. The van der Waals surface area contributed by atoms with E-state index in [9.17, 15) is 18.0 Å². The zero-order valence-corrected chi connectivity index (χ0v) is 15.0. The summed E-state index contributed by atoms with van der Waals surface area (Å²) in [7, 11) is 1.51. The third kappa shape index (κ3) is 6.42. The van der Waals surface area contributed by atoms with Crippen LogP contribution in [0.15, 0.2) is 42.5 Å². The number of nitrogens with one attached hydrogen (secondary N) is 2. The van der Waals surface area contributed by atoms with Gasteiger partial charge in [0.1, 0.15) is 5.75 Å². The standard InChI is InChI=1S/C19H16ClF3N2O2/c1-27-17-8-7-16(20)11-14(17)12-25-18(26)24-9-3-5-13-4-2-6-15(10-13)19(21,22)23/h2,4,6-8,10-11H,9,12H2,1H3,(H2,24,25,26). The van der Waals surface area contributed by atoms with Crippen molar-refractivity contribution in [1.82, 2.24) is 10.6 Å². The fourth-order valence-corrected chi connectivity index (χ4v) is 2.36. The summed E-state index contributed by atoms with van der Waals surface area (Å²) in [5.41, 5.74) is 0.154. The Kier molecular flexibility index (Phi) is 6.97. The molecule has 0 bridgehead atoms. The minimum absolute atomic E-state index is 0.0191. The maximum absolute atomic E-state index is 12.6. The van der Waals surface area contributed by atoms with Crippen molar-refractivity contribution < 1.29 is 22.7 Å². The zero-order chi connectivity index (χ0) is 19.9. The normalized spacial score (nSPS) is 10.6. The molecule has 4 nitrogen and oxygen atoms in total. The van der Waals surface area contributed by atoms with Crippen molar-refractivity contribution in [1.29, 1.82) is 0 Å². The average molecular weight is 397 g/mol. The monoisotopic (exact) mass is 396 g/mol. The number of urea groups is 1. The summed E-state index contributed by atoms with van der Waals surface area (Å²) < 4.78 is 43.1. The fourth-order valence-electron chi connectivity index (χ4n) is 2.17. The number of alkyl halides is 3. The van der Waals surface area contributed by atoms with E-state index in [1.807, 2.05) is 0 Å². The van der Waals surface area contributed by atoms with Crippen LogP contribution < -0.4 is 15.4 Å². The van der Waals surface area contributed by atoms with E-state index in [1.165, 1.54) is 19.2 Å². The number of carbonyl (C=O) groups is 1. The first kappa shape index (κ1) is 20.5. The van der Waals surface area contributed by atoms with Crippen LogP contribution in [-0.4, -0.2) is 19.7 Å². The molecule has 0 atom stereocenters. The summed E-state index contributed by atoms with van der Waals surface area (Å²) in [6, 6.07) is 9.24. The molecule has 0 heterocycles. The third-order valence-electron chi connectivity index (χ3n) is 3.44. The SMILES string of the molecule is COc1ccc(Cl)cc1CNC(=O)NCC#Cc1cccc(C(F)(F)F)c1. The average Bonchev–Trinajstić information content (AvgIpc) is 2.63. The molecule has 0 spiro atoms. The zero-order valence-electron chi connectivity index (χ0n) is 14.3. The second-order valence-electron chi connectivity index (χ2n) is 5.37. The molecule has 0 aliphatic heterocycles. The van der Waals surface area contributed by atoms with E-state index >= 15 is 0 Å². The van der Waals surface area contributed by atoms with Gasteiger partial charge in [-0.15, -0.1) is 0 Å². The molecule has 2 aromatic rings. The Morgan fingerprint density at radius 3 is 2.67 bits per heavy atom. The first-order valence-corrected chi connectivity index (χ1v) is 8.17. The van der Waals surface area contributed by atoms with Gasteiger partial charge in [0, 0.05) is 22.7 Å². The molecule has 8 heteroatoms. The van der Waals surface area contributed by atoms with Gasteiger partial charge in [0.05, 0.1) is 19.2 Å². The topological polar surface area (TPSA) is 50.4 Å². The van der Waals surface area contributed by atoms with E-state index in [4.69, 9.17) is 16.3 Å². The van der Waals surface area contributed by atoms with Crippen molar-refractivity contribution in [2.45, 2.75) is 12.7 Å². The van der Waals surface area contributed by atoms with Crippen LogP contribution in [0.3, 0.4) is 0 Å². The summed E-state index contributed by atoms with van der Waals surface area (Å²) in [4.78, 5) is 11.8. The van der Waals surface area contributed by atoms with Crippen LogP contribution in [0.5, 0.6) is 5.75 Å². The number of benzene rings is 2. The minimum atomic E-state index is -4.42. The van der Waals surface area contributed by atoms with Crippen LogP contribution in [0.2, 0.25) is 5.02 Å². The van der Waals surface area contributed by atoms with E-state index in [0.29, 0.717) is 16.3 Å². The molecule has 0 aromatic heterocycles. The summed E-state index contributed by atoms with van der Waals surface area (Å²) >= 11 is 5.92. The Hall–Kier alpha value is -2.85. The molecule has 2 aromatic carbocycles. The van der Waals surface area contributed by atoms with Gasteiger partial charge in [-0.25, -0.2) is 4.79 Å². The van der Waals surface area contributed by atoms with Crippen LogP contribution in [0.1, 0.15) is 16.7 Å². The first-order chi connectivity index (χ1) is 12.8. The van der Waals surface area contributed by atoms with E-state index in [2.05, 4.69) is 22.5 Å². The number of hydrogen-bond acceptors (Lipinski definition) is 2. The minimum Gasteiger partial charge on any atom is -0.496 e. The highest BCUT2D eigenvalue weighted by Gasteiger charge is 2.30. The highest BCUT2D eigenvalue weighted by atomic mass is 35.5. The van der Waals surface area contributed by atoms with Gasteiger partial charge in [-0.3, -0.25) is 0 Å². The van der Waals surface area contributed by atoms with Crippen molar-refractivity contribution >= 4 is 17.6 Å². The number of halogens is 4. The Morgan fingerprint density at radius 2 is 1.96 bits per heavy atom. The number of amides is 2. The summed E-state index contributed by atoms with van der Waals surface area (Å²) in [5.74, 6) is 5.78. The molecule has 142 valence electrons. The lowest BCUT2D eigenvalue weighted by Gasteiger charge is -2.10. The predicted octanol–water partition coefficient (Wildman–Crippen LogP) is 4.22. The van der Waals surface area contributed by atoms with Gasteiger partial charge in [-0.05, 0) is 36.4 Å². The Bertz CT molecular complexity index is 873. The molecule has 0 aliphatic rings. The molecule has 2 N–H and O–H groups in total.